The number of ether oxygens (including phenoxy) is 3. The normalized spacial score (nSPS) is 16.8. The van der Waals surface area contributed by atoms with Gasteiger partial charge in [-0.15, -0.1) is 0 Å². The van der Waals surface area contributed by atoms with E-state index < -0.39 is 50.2 Å². The molecule has 4 rings (SSSR count). The van der Waals surface area contributed by atoms with Gasteiger partial charge in [-0.3, -0.25) is 24.0 Å². The molecule has 2 saturated heterocycles. The highest BCUT2D eigenvalue weighted by Crippen LogP contribution is 2.36. The van der Waals surface area contributed by atoms with E-state index >= 15 is 0 Å². The van der Waals surface area contributed by atoms with E-state index in [2.05, 4.69) is 14.9 Å². The van der Waals surface area contributed by atoms with Gasteiger partial charge in [0.05, 0.1) is 42.5 Å². The second-order valence-corrected chi connectivity index (χ2v) is 15.0. The summed E-state index contributed by atoms with van der Waals surface area (Å²) in [5, 5.41) is 2.86. The van der Waals surface area contributed by atoms with Crippen LogP contribution < -0.4 is 25.2 Å². The summed E-state index contributed by atoms with van der Waals surface area (Å²) in [4.78, 5) is 54.1. The van der Waals surface area contributed by atoms with Crippen molar-refractivity contribution in [3.63, 3.8) is 0 Å². The topological polar surface area (TPSA) is 187 Å². The summed E-state index contributed by atoms with van der Waals surface area (Å²) in [5.41, 5.74) is 3.79. The number of anilines is 1. The lowest BCUT2D eigenvalue weighted by Crippen LogP contribution is -2.55. The van der Waals surface area contributed by atoms with E-state index in [-0.39, 0.29) is 59.9 Å². The fourth-order valence-corrected chi connectivity index (χ4v) is 7.18. The number of urea groups is 1. The fraction of sp³-hybridized carbons (Fsp3) is 0.543. The maximum atomic E-state index is 13.3. The van der Waals surface area contributed by atoms with Crippen LogP contribution >= 0.6 is 0 Å². The van der Waals surface area contributed by atoms with Crippen LogP contribution in [0.5, 0.6) is 11.5 Å². The van der Waals surface area contributed by atoms with Crippen molar-refractivity contribution in [3.05, 3.63) is 47.5 Å². The summed E-state index contributed by atoms with van der Waals surface area (Å²) < 4.78 is 83.1. The Balaban J connectivity index is 1.27. The Hall–Kier alpha value is -4.42. The molecule has 0 saturated carbocycles. The lowest BCUT2D eigenvalue weighted by molar-refractivity contribution is -0.146. The number of amides is 3. The van der Waals surface area contributed by atoms with Gasteiger partial charge < -0.3 is 30.2 Å². The van der Waals surface area contributed by atoms with Crippen LogP contribution in [0.3, 0.4) is 0 Å². The van der Waals surface area contributed by atoms with E-state index in [0.29, 0.717) is 63.9 Å². The molecule has 1 spiro atoms. The molecule has 1 atom stereocenters. The van der Waals surface area contributed by atoms with Crippen LogP contribution in [0.4, 0.5) is 23.7 Å². The number of carbonyl (C=O) groups is 4. The number of hydrogen-bond acceptors (Lipinski definition) is 11. The summed E-state index contributed by atoms with van der Waals surface area (Å²) in [6.07, 6.45) is -2.29. The van der Waals surface area contributed by atoms with Gasteiger partial charge in [-0.1, -0.05) is 13.8 Å². The molecule has 0 bridgehead atoms. The number of piperidine rings is 1. The number of halogens is 3. The number of rotatable bonds is 17. The second kappa shape index (κ2) is 17.2. The standard InChI is InChI=1S/C35H46F3N5O9S/c1-22(2)30(39)31(45)52-19-7-16-43-32(46)34(40-33(43)47)13-17-42(18-14-34)15-6-5-8-27(44)25-20-26(29(51-4)21-28(25)50-3)41-53(48,49)24-11-9-23(10-12-24)35(36,37)38/h9-12,20-22,30,41H,5-8,13-19,39H2,1-4H3,(H,40,47)/t30-/m0/s1. The third-order valence-corrected chi connectivity index (χ3v) is 10.8. The molecule has 2 aliphatic heterocycles. The van der Waals surface area contributed by atoms with Crippen molar-refractivity contribution in [1.29, 1.82) is 0 Å². The molecule has 4 N–H and O–H groups in total. The molecule has 2 aliphatic rings. The minimum atomic E-state index is -4.64. The number of nitrogens with zero attached hydrogens (tertiary/aromatic N) is 2. The van der Waals surface area contributed by atoms with Crippen LogP contribution in [-0.4, -0.2) is 100 Å². The van der Waals surface area contributed by atoms with E-state index in [4.69, 9.17) is 19.9 Å². The summed E-state index contributed by atoms with van der Waals surface area (Å²) >= 11 is 0. The van der Waals surface area contributed by atoms with Gasteiger partial charge in [0.15, 0.2) is 5.78 Å². The van der Waals surface area contributed by atoms with Crippen LogP contribution in [0, 0.1) is 5.92 Å². The molecule has 14 nitrogen and oxygen atoms in total. The number of ketones is 1. The summed E-state index contributed by atoms with van der Waals surface area (Å²) in [7, 11) is -1.72. The number of unbranched alkanes of at least 4 members (excludes halogenated alkanes) is 1. The summed E-state index contributed by atoms with van der Waals surface area (Å²) in [5.74, 6) is -1.04. The Morgan fingerprint density at radius 1 is 0.981 bits per heavy atom. The predicted octanol–water partition coefficient (Wildman–Crippen LogP) is 4.18. The number of carbonyl (C=O) groups excluding carboxylic acids is 4. The van der Waals surface area contributed by atoms with Gasteiger partial charge in [0, 0.05) is 32.1 Å². The van der Waals surface area contributed by atoms with E-state index in [1.807, 2.05) is 13.8 Å². The molecule has 2 aromatic carbocycles. The quantitative estimate of drug-likeness (QED) is 0.0907. The van der Waals surface area contributed by atoms with Crippen molar-refractivity contribution < 1.29 is 55.0 Å². The molecule has 3 amide bonds. The van der Waals surface area contributed by atoms with Crippen LogP contribution in [0.2, 0.25) is 0 Å². The molecule has 0 unspecified atom stereocenters. The number of likely N-dealkylation sites (tertiary alicyclic amines) is 1. The number of Topliss-reactive ketones (excluding diaryl/α,β-unsaturated/α-hetero) is 1. The van der Waals surface area contributed by atoms with E-state index in [1.54, 1.807) is 0 Å². The zero-order valence-corrected chi connectivity index (χ0v) is 30.9. The molecule has 2 heterocycles. The number of sulfonamides is 1. The monoisotopic (exact) mass is 769 g/mol. The van der Waals surface area contributed by atoms with E-state index in [0.717, 1.165) is 17.0 Å². The van der Waals surface area contributed by atoms with Crippen LogP contribution in [0.25, 0.3) is 0 Å². The number of esters is 1. The first-order chi connectivity index (χ1) is 24.9. The first-order valence-corrected chi connectivity index (χ1v) is 18.7. The van der Waals surface area contributed by atoms with Crippen LogP contribution in [0.15, 0.2) is 41.3 Å². The third-order valence-electron chi connectivity index (χ3n) is 9.40. The fourth-order valence-electron chi connectivity index (χ4n) is 6.12. The number of alkyl halides is 3. The SMILES string of the molecule is COc1cc(OC)c(C(=O)CCCCN2CCC3(CC2)NC(=O)N(CCCOC(=O)[C@@H](N)C(C)C)C3=O)cc1NS(=O)(=O)c1ccc(C(F)(F)F)cc1. The average Bonchev–Trinajstić information content (AvgIpc) is 3.34. The van der Waals surface area contributed by atoms with Gasteiger partial charge in [0.25, 0.3) is 15.9 Å². The van der Waals surface area contributed by atoms with Crippen molar-refractivity contribution in [1.82, 2.24) is 15.1 Å². The number of nitrogens with one attached hydrogen (secondary N) is 2. The second-order valence-electron chi connectivity index (χ2n) is 13.4. The predicted molar refractivity (Wildman–Crippen MR) is 187 cm³/mol. The summed E-state index contributed by atoms with van der Waals surface area (Å²) in [6.45, 7) is 5.50. The molecule has 2 aromatic rings. The Labute approximate surface area is 306 Å². The number of methoxy groups -OCH3 is 2. The Bertz CT molecular complexity index is 1760. The van der Waals surface area contributed by atoms with Crippen LogP contribution in [0.1, 0.15) is 68.3 Å². The molecule has 2 fully saturated rings. The highest BCUT2D eigenvalue weighted by molar-refractivity contribution is 7.92. The van der Waals surface area contributed by atoms with Crippen molar-refractivity contribution in [2.75, 3.05) is 51.7 Å². The maximum absolute atomic E-state index is 13.3. The molecular weight excluding hydrogens is 723 g/mol. The van der Waals surface area contributed by atoms with Crippen molar-refractivity contribution in [2.24, 2.45) is 11.7 Å². The molecule has 0 aliphatic carbocycles. The smallest absolute Gasteiger partial charge is 0.416 e. The van der Waals surface area contributed by atoms with E-state index in [1.165, 1.54) is 26.4 Å². The molecule has 0 radical (unpaired) electrons. The Morgan fingerprint density at radius 2 is 1.62 bits per heavy atom. The number of nitrogens with two attached hydrogens (primary N) is 1. The van der Waals surface area contributed by atoms with Gasteiger partial charge in [0.1, 0.15) is 23.1 Å². The molecule has 18 heteroatoms. The Kier molecular flexibility index (Phi) is 13.4. The van der Waals surface area contributed by atoms with Gasteiger partial charge in [-0.2, -0.15) is 13.2 Å². The van der Waals surface area contributed by atoms with Crippen molar-refractivity contribution in [3.8, 4) is 11.5 Å². The first kappa shape index (κ1) is 41.3. The van der Waals surface area contributed by atoms with Gasteiger partial charge in [-0.25, -0.2) is 13.2 Å². The highest BCUT2D eigenvalue weighted by atomic mass is 32.2. The van der Waals surface area contributed by atoms with E-state index in [9.17, 15) is 40.8 Å². The maximum Gasteiger partial charge on any atom is 0.416 e. The zero-order chi connectivity index (χ0) is 39.1. The van der Waals surface area contributed by atoms with Gasteiger partial charge >= 0.3 is 18.2 Å². The number of imide groups is 1. The molecular formula is C35H46F3N5O9S. The van der Waals surface area contributed by atoms with Crippen molar-refractivity contribution >= 4 is 39.4 Å². The average molecular weight is 770 g/mol. The number of hydrogen-bond donors (Lipinski definition) is 3. The third kappa shape index (κ3) is 9.97. The van der Waals surface area contributed by atoms with Gasteiger partial charge in [0.2, 0.25) is 0 Å². The lowest BCUT2D eigenvalue weighted by Gasteiger charge is -2.37. The molecule has 0 aromatic heterocycles. The van der Waals surface area contributed by atoms with Crippen LogP contribution in [-0.2, 0) is 30.5 Å². The molecule has 292 valence electrons. The minimum absolute atomic E-state index is 0.0321. The summed E-state index contributed by atoms with van der Waals surface area (Å²) in [6, 6.07) is 4.40. The largest absolute Gasteiger partial charge is 0.496 e. The molecule has 53 heavy (non-hydrogen) atoms. The number of benzene rings is 2. The van der Waals surface area contributed by atoms with Gasteiger partial charge in [-0.05, 0) is 74.9 Å². The zero-order valence-electron chi connectivity index (χ0n) is 30.1. The first-order valence-electron chi connectivity index (χ1n) is 17.2. The highest BCUT2D eigenvalue weighted by Gasteiger charge is 2.52. The van der Waals surface area contributed by atoms with Crippen molar-refractivity contribution in [2.45, 2.75) is 75.0 Å². The lowest BCUT2D eigenvalue weighted by atomic mass is 9.87. The minimum Gasteiger partial charge on any atom is -0.496 e. The Morgan fingerprint density at radius 3 is 2.21 bits per heavy atom.